The van der Waals surface area contributed by atoms with Crippen LogP contribution in [0.4, 0.5) is 0 Å². The number of carbonyl (C=O) groups is 1. The molecular formula is C24H30N2O7S. The van der Waals surface area contributed by atoms with Gasteiger partial charge in [0.2, 0.25) is 21.7 Å². The minimum atomic E-state index is -3.77. The second-order valence-electron chi connectivity index (χ2n) is 8.24. The molecular weight excluding hydrogens is 460 g/mol. The van der Waals surface area contributed by atoms with Crippen molar-refractivity contribution in [3.8, 4) is 17.2 Å². The molecule has 10 heteroatoms. The number of rotatable bonds is 7. The fourth-order valence-corrected chi connectivity index (χ4v) is 6.14. The second kappa shape index (κ2) is 10.2. The van der Waals surface area contributed by atoms with Gasteiger partial charge in [-0.15, -0.1) is 0 Å². The van der Waals surface area contributed by atoms with Gasteiger partial charge in [0.1, 0.15) is 0 Å². The molecule has 4 rings (SSSR count). The lowest BCUT2D eigenvalue weighted by Gasteiger charge is -2.31. The van der Waals surface area contributed by atoms with Crippen molar-refractivity contribution in [1.82, 2.24) is 9.21 Å². The number of nitrogens with zero attached hydrogens (tertiary/aromatic N) is 2. The fraction of sp³-hybridized carbons (Fsp3) is 0.458. The maximum atomic E-state index is 13.6. The number of carbonyl (C=O) groups excluding carboxylic acids is 1. The number of hydrogen-bond donors (Lipinski definition) is 0. The Balaban J connectivity index is 1.74. The molecule has 2 saturated heterocycles. The molecule has 0 bridgehead atoms. The van der Waals surface area contributed by atoms with Gasteiger partial charge in [-0.3, -0.25) is 4.79 Å². The van der Waals surface area contributed by atoms with Crippen LogP contribution in [0.1, 0.15) is 11.5 Å². The number of hydrogen-bond acceptors (Lipinski definition) is 7. The van der Waals surface area contributed by atoms with E-state index < -0.39 is 15.9 Å². The van der Waals surface area contributed by atoms with E-state index in [1.54, 1.807) is 47.4 Å². The van der Waals surface area contributed by atoms with Crippen LogP contribution in [0.5, 0.6) is 17.2 Å². The number of ether oxygens (including phenoxy) is 4. The van der Waals surface area contributed by atoms with Crippen LogP contribution < -0.4 is 14.2 Å². The first-order valence-corrected chi connectivity index (χ1v) is 12.6. The highest BCUT2D eigenvalue weighted by molar-refractivity contribution is 7.89. The van der Waals surface area contributed by atoms with Crippen LogP contribution in [-0.2, 0) is 19.6 Å². The SMILES string of the molecule is COc1cc([C@H]2CN(S(=O)(=O)c3ccccc3)C[C@H]2C(=O)N2CCOCC2)cc(OC)c1OC. The summed E-state index contributed by atoms with van der Waals surface area (Å²) in [6, 6.07) is 11.9. The Hall–Kier alpha value is -2.82. The van der Waals surface area contributed by atoms with Crippen molar-refractivity contribution in [3.63, 3.8) is 0 Å². The molecule has 0 aromatic heterocycles. The molecule has 0 N–H and O–H groups in total. The Bertz CT molecular complexity index is 1090. The molecule has 2 fully saturated rings. The summed E-state index contributed by atoms with van der Waals surface area (Å²) in [7, 11) is 0.804. The summed E-state index contributed by atoms with van der Waals surface area (Å²) in [4.78, 5) is 15.6. The minimum Gasteiger partial charge on any atom is -0.493 e. The average molecular weight is 491 g/mol. The van der Waals surface area contributed by atoms with Crippen LogP contribution in [0, 0.1) is 5.92 Å². The van der Waals surface area contributed by atoms with E-state index in [9.17, 15) is 13.2 Å². The van der Waals surface area contributed by atoms with Crippen LogP contribution in [0.25, 0.3) is 0 Å². The monoisotopic (exact) mass is 490 g/mol. The molecule has 2 aliphatic heterocycles. The largest absolute Gasteiger partial charge is 0.493 e. The summed E-state index contributed by atoms with van der Waals surface area (Å²) in [6.45, 7) is 2.18. The van der Waals surface area contributed by atoms with Crippen molar-refractivity contribution < 1.29 is 32.2 Å². The van der Waals surface area contributed by atoms with E-state index in [1.165, 1.54) is 25.6 Å². The highest BCUT2D eigenvalue weighted by atomic mass is 32.2. The molecule has 1 amide bonds. The maximum absolute atomic E-state index is 13.6. The lowest BCUT2D eigenvalue weighted by atomic mass is 9.87. The van der Waals surface area contributed by atoms with Crippen molar-refractivity contribution in [2.75, 3.05) is 60.7 Å². The van der Waals surface area contributed by atoms with Crippen molar-refractivity contribution in [2.24, 2.45) is 5.92 Å². The molecule has 2 aliphatic rings. The predicted molar refractivity (Wildman–Crippen MR) is 125 cm³/mol. The van der Waals surface area contributed by atoms with Crippen molar-refractivity contribution >= 4 is 15.9 Å². The maximum Gasteiger partial charge on any atom is 0.243 e. The van der Waals surface area contributed by atoms with Gasteiger partial charge in [-0.2, -0.15) is 4.31 Å². The lowest BCUT2D eigenvalue weighted by molar-refractivity contribution is -0.139. The molecule has 0 spiro atoms. The van der Waals surface area contributed by atoms with E-state index in [0.29, 0.717) is 43.6 Å². The van der Waals surface area contributed by atoms with Crippen LogP contribution in [0.15, 0.2) is 47.4 Å². The molecule has 34 heavy (non-hydrogen) atoms. The summed E-state index contributed by atoms with van der Waals surface area (Å²) in [5.41, 5.74) is 0.756. The van der Waals surface area contributed by atoms with E-state index in [-0.39, 0.29) is 29.8 Å². The molecule has 2 aromatic rings. The summed E-state index contributed by atoms with van der Waals surface area (Å²) >= 11 is 0. The molecule has 0 aliphatic carbocycles. The standard InChI is InChI=1S/C24H30N2O7S/c1-30-21-13-17(14-22(31-2)23(21)32-3)19-15-26(34(28,29)18-7-5-4-6-8-18)16-20(19)24(27)25-9-11-33-12-10-25/h4-8,13-14,19-20H,9-12,15-16H2,1-3H3/t19-,20-/m1/s1. The molecule has 0 saturated carbocycles. The first kappa shape index (κ1) is 24.3. The summed E-state index contributed by atoms with van der Waals surface area (Å²) in [6.07, 6.45) is 0. The van der Waals surface area contributed by atoms with Gasteiger partial charge in [0, 0.05) is 32.1 Å². The molecule has 0 unspecified atom stereocenters. The highest BCUT2D eigenvalue weighted by Gasteiger charge is 2.45. The van der Waals surface area contributed by atoms with Crippen LogP contribution >= 0.6 is 0 Å². The molecule has 2 aromatic carbocycles. The van der Waals surface area contributed by atoms with Crippen LogP contribution in [-0.4, -0.2) is 84.3 Å². The number of sulfonamides is 1. The first-order valence-electron chi connectivity index (χ1n) is 11.1. The third-order valence-corrected chi connectivity index (χ3v) is 8.27. The van der Waals surface area contributed by atoms with Gasteiger partial charge in [0.05, 0.1) is 45.4 Å². The fourth-order valence-electron chi connectivity index (χ4n) is 4.63. The van der Waals surface area contributed by atoms with E-state index in [0.717, 1.165) is 5.56 Å². The number of methoxy groups -OCH3 is 3. The van der Waals surface area contributed by atoms with E-state index in [1.807, 2.05) is 0 Å². The third-order valence-electron chi connectivity index (χ3n) is 6.42. The van der Waals surface area contributed by atoms with Gasteiger partial charge < -0.3 is 23.8 Å². The van der Waals surface area contributed by atoms with Crippen LogP contribution in [0.2, 0.25) is 0 Å². The first-order chi connectivity index (χ1) is 16.4. The molecule has 9 nitrogen and oxygen atoms in total. The average Bonchev–Trinajstić information content (AvgIpc) is 3.34. The molecule has 184 valence electrons. The Morgan fingerprint density at radius 1 is 0.941 bits per heavy atom. The molecule has 2 atom stereocenters. The third kappa shape index (κ3) is 4.57. The zero-order valence-electron chi connectivity index (χ0n) is 19.6. The second-order valence-corrected chi connectivity index (χ2v) is 10.2. The number of morpholine rings is 1. The zero-order chi connectivity index (χ0) is 24.3. The number of benzene rings is 2. The summed E-state index contributed by atoms with van der Waals surface area (Å²) in [5, 5.41) is 0. The summed E-state index contributed by atoms with van der Waals surface area (Å²) in [5.74, 6) is 0.337. The Kier molecular flexibility index (Phi) is 7.30. The van der Waals surface area contributed by atoms with E-state index in [4.69, 9.17) is 18.9 Å². The van der Waals surface area contributed by atoms with Crippen molar-refractivity contribution in [2.45, 2.75) is 10.8 Å². The van der Waals surface area contributed by atoms with Gasteiger partial charge in [0.15, 0.2) is 11.5 Å². The van der Waals surface area contributed by atoms with Crippen LogP contribution in [0.3, 0.4) is 0 Å². The van der Waals surface area contributed by atoms with E-state index >= 15 is 0 Å². The molecule has 0 radical (unpaired) electrons. The summed E-state index contributed by atoms with van der Waals surface area (Å²) < 4.78 is 50.1. The smallest absolute Gasteiger partial charge is 0.243 e. The van der Waals surface area contributed by atoms with Gasteiger partial charge in [-0.1, -0.05) is 18.2 Å². The van der Waals surface area contributed by atoms with Crippen molar-refractivity contribution in [3.05, 3.63) is 48.0 Å². The van der Waals surface area contributed by atoms with Gasteiger partial charge in [-0.25, -0.2) is 8.42 Å². The Labute approximate surface area is 200 Å². The number of amides is 1. The zero-order valence-corrected chi connectivity index (χ0v) is 20.4. The Morgan fingerprint density at radius 2 is 1.56 bits per heavy atom. The van der Waals surface area contributed by atoms with Crippen molar-refractivity contribution in [1.29, 1.82) is 0 Å². The topological polar surface area (TPSA) is 94.6 Å². The highest BCUT2D eigenvalue weighted by Crippen LogP contribution is 2.44. The lowest BCUT2D eigenvalue weighted by Crippen LogP contribution is -2.45. The van der Waals surface area contributed by atoms with Gasteiger partial charge in [-0.05, 0) is 29.8 Å². The quantitative estimate of drug-likeness (QED) is 0.586. The minimum absolute atomic E-state index is 0.0761. The predicted octanol–water partition coefficient (Wildman–Crippen LogP) is 1.98. The molecule has 2 heterocycles. The Morgan fingerprint density at radius 3 is 2.12 bits per heavy atom. The van der Waals surface area contributed by atoms with E-state index in [2.05, 4.69) is 0 Å². The van der Waals surface area contributed by atoms with Gasteiger partial charge in [0.25, 0.3) is 0 Å². The normalized spacial score (nSPS) is 21.3. The van der Waals surface area contributed by atoms with Gasteiger partial charge >= 0.3 is 0 Å².